The normalized spacial score (nSPS) is 11.6. The lowest BCUT2D eigenvalue weighted by Crippen LogP contribution is -2.35. The van der Waals surface area contributed by atoms with Crippen LogP contribution in [0.5, 0.6) is 5.75 Å². The lowest BCUT2D eigenvalue weighted by Gasteiger charge is -2.15. The van der Waals surface area contributed by atoms with E-state index < -0.39 is 6.10 Å². The quantitative estimate of drug-likeness (QED) is 0.564. The zero-order chi connectivity index (χ0) is 22.2. The largest absolute Gasteiger partial charge is 0.481 e. The monoisotopic (exact) mass is 417 g/mol. The van der Waals surface area contributed by atoms with Gasteiger partial charge in [-0.1, -0.05) is 38.1 Å². The molecule has 6 heteroatoms. The van der Waals surface area contributed by atoms with E-state index in [4.69, 9.17) is 4.74 Å². The van der Waals surface area contributed by atoms with E-state index in [1.165, 1.54) is 11.8 Å². The maximum Gasteiger partial charge on any atom is 0.261 e. The first-order valence-electron chi connectivity index (χ1n) is 10.3. The van der Waals surface area contributed by atoms with Crippen LogP contribution in [0.2, 0.25) is 0 Å². The molecule has 3 rings (SSSR count). The molecule has 0 spiro atoms. The molecule has 0 aliphatic rings. The van der Waals surface area contributed by atoms with Crippen molar-refractivity contribution in [1.82, 2.24) is 10.3 Å². The second kappa shape index (κ2) is 10.4. The highest BCUT2D eigenvalue weighted by Crippen LogP contribution is 2.19. The first-order chi connectivity index (χ1) is 14.9. The topological polar surface area (TPSA) is 80.3 Å². The number of pyridine rings is 1. The van der Waals surface area contributed by atoms with Crippen LogP contribution in [0.3, 0.4) is 0 Å². The second-order valence-electron chi connectivity index (χ2n) is 7.59. The summed E-state index contributed by atoms with van der Waals surface area (Å²) in [6.07, 6.45) is 2.53. The van der Waals surface area contributed by atoms with Crippen molar-refractivity contribution in [3.63, 3.8) is 0 Å². The predicted octanol–water partition coefficient (Wildman–Crippen LogP) is 4.54. The number of hydrogen-bond acceptors (Lipinski definition) is 4. The third-order valence-electron chi connectivity index (χ3n) is 4.83. The predicted molar refractivity (Wildman–Crippen MR) is 121 cm³/mol. The van der Waals surface area contributed by atoms with Crippen LogP contribution >= 0.6 is 0 Å². The zero-order valence-corrected chi connectivity index (χ0v) is 18.0. The molecule has 0 saturated carbocycles. The van der Waals surface area contributed by atoms with Gasteiger partial charge >= 0.3 is 0 Å². The van der Waals surface area contributed by atoms with Gasteiger partial charge in [-0.15, -0.1) is 0 Å². The Labute approximate surface area is 182 Å². The molecule has 31 heavy (non-hydrogen) atoms. The van der Waals surface area contributed by atoms with E-state index in [-0.39, 0.29) is 11.8 Å². The summed E-state index contributed by atoms with van der Waals surface area (Å²) in [7, 11) is 0. The average Bonchev–Trinajstić information content (AvgIpc) is 2.79. The van der Waals surface area contributed by atoms with Gasteiger partial charge in [-0.25, -0.2) is 0 Å². The molecule has 0 aliphatic carbocycles. The van der Waals surface area contributed by atoms with Gasteiger partial charge in [-0.05, 0) is 60.4 Å². The minimum Gasteiger partial charge on any atom is -0.481 e. The van der Waals surface area contributed by atoms with Gasteiger partial charge in [0.2, 0.25) is 0 Å². The van der Waals surface area contributed by atoms with Gasteiger partial charge in [0.25, 0.3) is 11.8 Å². The van der Waals surface area contributed by atoms with Crippen LogP contribution in [0.4, 0.5) is 5.69 Å². The number of ether oxygens (including phenoxy) is 1. The first kappa shape index (κ1) is 22.0. The van der Waals surface area contributed by atoms with E-state index in [0.29, 0.717) is 29.5 Å². The summed E-state index contributed by atoms with van der Waals surface area (Å²) >= 11 is 0. The van der Waals surface area contributed by atoms with Crippen LogP contribution in [-0.4, -0.2) is 22.9 Å². The molecule has 1 unspecified atom stereocenters. The minimum atomic E-state index is -0.608. The molecule has 0 bridgehead atoms. The number of hydrogen-bond donors (Lipinski definition) is 2. The van der Waals surface area contributed by atoms with Crippen molar-refractivity contribution in [2.24, 2.45) is 0 Å². The van der Waals surface area contributed by atoms with Crippen molar-refractivity contribution in [3.8, 4) is 5.75 Å². The number of rotatable bonds is 8. The van der Waals surface area contributed by atoms with E-state index in [1.54, 1.807) is 37.4 Å². The molecule has 2 aromatic carbocycles. The molecule has 2 N–H and O–H groups in total. The van der Waals surface area contributed by atoms with Crippen LogP contribution in [0.1, 0.15) is 48.2 Å². The number of benzene rings is 2. The van der Waals surface area contributed by atoms with E-state index in [0.717, 1.165) is 5.56 Å². The molecule has 0 fully saturated rings. The highest BCUT2D eigenvalue weighted by Gasteiger charge is 2.14. The molecular formula is C25H27N3O3. The molecule has 1 aromatic heterocycles. The number of carbonyl (C=O) groups is 2. The van der Waals surface area contributed by atoms with Gasteiger partial charge in [0.15, 0.2) is 6.10 Å². The van der Waals surface area contributed by atoms with Crippen LogP contribution in [0.25, 0.3) is 0 Å². The van der Waals surface area contributed by atoms with Crippen molar-refractivity contribution in [2.45, 2.75) is 39.3 Å². The molecule has 0 radical (unpaired) electrons. The summed E-state index contributed by atoms with van der Waals surface area (Å²) in [6, 6.07) is 18.5. The fourth-order valence-corrected chi connectivity index (χ4v) is 2.93. The fourth-order valence-electron chi connectivity index (χ4n) is 2.93. The first-order valence-corrected chi connectivity index (χ1v) is 10.3. The van der Waals surface area contributed by atoms with Gasteiger partial charge in [-0.3, -0.25) is 14.6 Å². The van der Waals surface area contributed by atoms with Gasteiger partial charge in [0, 0.05) is 24.6 Å². The zero-order valence-electron chi connectivity index (χ0n) is 18.0. The molecular weight excluding hydrogens is 390 g/mol. The lowest BCUT2D eigenvalue weighted by molar-refractivity contribution is -0.127. The Morgan fingerprint density at radius 3 is 2.29 bits per heavy atom. The molecule has 1 atom stereocenters. The van der Waals surface area contributed by atoms with E-state index >= 15 is 0 Å². The number of aromatic nitrogens is 1. The summed E-state index contributed by atoms with van der Waals surface area (Å²) in [5.41, 5.74) is 3.31. The third-order valence-corrected chi connectivity index (χ3v) is 4.83. The smallest absolute Gasteiger partial charge is 0.261 e. The number of carbonyl (C=O) groups excluding carboxylic acids is 2. The van der Waals surface area contributed by atoms with Crippen LogP contribution in [0, 0.1) is 0 Å². The molecule has 2 amide bonds. The maximum absolute atomic E-state index is 12.4. The fraction of sp³-hybridized carbons (Fsp3) is 0.240. The summed E-state index contributed by atoms with van der Waals surface area (Å²) in [6.45, 7) is 6.36. The van der Waals surface area contributed by atoms with Crippen LogP contribution < -0.4 is 15.4 Å². The summed E-state index contributed by atoms with van der Waals surface area (Å²) in [5, 5.41) is 5.70. The molecule has 0 saturated heterocycles. The Morgan fingerprint density at radius 1 is 0.968 bits per heavy atom. The standard InChI is InChI=1S/C25H27N3O3/c1-17(2)20-8-12-23(13-9-20)31-18(3)24(29)27-15-19-6-10-22(11-7-19)28-25(30)21-5-4-14-26-16-21/h4-14,16-18H,15H2,1-3H3,(H,27,29)(H,28,30). The Balaban J connectivity index is 1.47. The van der Waals surface area contributed by atoms with Crippen LogP contribution in [0.15, 0.2) is 73.1 Å². The molecule has 3 aromatic rings. The van der Waals surface area contributed by atoms with Crippen LogP contribution in [-0.2, 0) is 11.3 Å². The van der Waals surface area contributed by atoms with Crippen molar-refractivity contribution >= 4 is 17.5 Å². The van der Waals surface area contributed by atoms with Crippen molar-refractivity contribution in [1.29, 1.82) is 0 Å². The van der Waals surface area contributed by atoms with Gasteiger partial charge in [0.05, 0.1) is 5.56 Å². The van der Waals surface area contributed by atoms with E-state index in [2.05, 4.69) is 29.5 Å². The number of nitrogens with zero attached hydrogens (tertiary/aromatic N) is 1. The minimum absolute atomic E-state index is 0.193. The summed E-state index contributed by atoms with van der Waals surface area (Å²) < 4.78 is 5.74. The number of nitrogens with one attached hydrogen (secondary N) is 2. The molecule has 160 valence electrons. The Kier molecular flexibility index (Phi) is 7.38. The highest BCUT2D eigenvalue weighted by atomic mass is 16.5. The SMILES string of the molecule is CC(Oc1ccc(C(C)C)cc1)C(=O)NCc1ccc(NC(=O)c2cccnc2)cc1. The average molecular weight is 418 g/mol. The summed E-state index contributed by atoms with van der Waals surface area (Å²) in [4.78, 5) is 28.5. The Morgan fingerprint density at radius 2 is 1.68 bits per heavy atom. The van der Waals surface area contributed by atoms with Crippen molar-refractivity contribution in [3.05, 3.63) is 89.7 Å². The van der Waals surface area contributed by atoms with Crippen molar-refractivity contribution in [2.75, 3.05) is 5.32 Å². The molecule has 6 nitrogen and oxygen atoms in total. The van der Waals surface area contributed by atoms with Gasteiger partial charge < -0.3 is 15.4 Å². The highest BCUT2D eigenvalue weighted by molar-refractivity contribution is 6.04. The Bertz CT molecular complexity index is 1000. The van der Waals surface area contributed by atoms with Gasteiger partial charge in [-0.2, -0.15) is 0 Å². The second-order valence-corrected chi connectivity index (χ2v) is 7.59. The van der Waals surface area contributed by atoms with Crippen molar-refractivity contribution < 1.29 is 14.3 Å². The summed E-state index contributed by atoms with van der Waals surface area (Å²) in [5.74, 6) is 0.703. The third kappa shape index (κ3) is 6.40. The van der Waals surface area contributed by atoms with E-state index in [1.807, 2.05) is 36.4 Å². The number of anilines is 1. The van der Waals surface area contributed by atoms with E-state index in [9.17, 15) is 9.59 Å². The molecule has 1 heterocycles. The molecule has 0 aliphatic heterocycles. The maximum atomic E-state index is 12.4. The Hall–Kier alpha value is -3.67. The van der Waals surface area contributed by atoms with Gasteiger partial charge in [0.1, 0.15) is 5.75 Å². The number of amides is 2. The lowest BCUT2D eigenvalue weighted by atomic mass is 10.0.